The molecule has 0 bridgehead atoms. The highest BCUT2D eigenvalue weighted by molar-refractivity contribution is 5.77. The monoisotopic (exact) mass is 492 g/mol. The van der Waals surface area contributed by atoms with E-state index in [1.165, 1.54) is 6.20 Å². The minimum absolute atomic E-state index is 0.0536. The van der Waals surface area contributed by atoms with Gasteiger partial charge < -0.3 is 19.3 Å². The Balaban J connectivity index is 1.23. The van der Waals surface area contributed by atoms with Crippen molar-refractivity contribution >= 4 is 11.7 Å². The number of aromatic amines is 1. The highest BCUT2D eigenvalue weighted by Crippen LogP contribution is 2.33. The summed E-state index contributed by atoms with van der Waals surface area (Å²) >= 11 is 0. The first-order valence-electron chi connectivity index (χ1n) is 11.1. The number of nitriles is 1. The van der Waals surface area contributed by atoms with Crippen molar-refractivity contribution in [1.29, 1.82) is 5.26 Å². The lowest BCUT2D eigenvalue weighted by Crippen LogP contribution is -2.49. The number of carbonyl (C=O) groups is 1. The summed E-state index contributed by atoms with van der Waals surface area (Å²) in [5, 5.41) is 14.0. The molecule has 4 rings (SSSR count). The molecule has 4 heterocycles. The van der Waals surface area contributed by atoms with E-state index in [-0.39, 0.29) is 25.0 Å². The van der Waals surface area contributed by atoms with Crippen molar-refractivity contribution in [2.24, 2.45) is 0 Å². The van der Waals surface area contributed by atoms with E-state index >= 15 is 0 Å². The largest absolute Gasteiger partial charge is 0.488 e. The fourth-order valence-electron chi connectivity index (χ4n) is 4.14. The van der Waals surface area contributed by atoms with Crippen molar-refractivity contribution in [3.05, 3.63) is 46.0 Å². The summed E-state index contributed by atoms with van der Waals surface area (Å²) in [5.41, 5.74) is -2.33. The number of anilines is 1. The number of piperazine rings is 1. The lowest BCUT2D eigenvalue weighted by molar-refractivity contribution is -0.141. The number of ether oxygens (including phenoxy) is 2. The zero-order valence-electron chi connectivity index (χ0n) is 18.6. The third kappa shape index (κ3) is 5.89. The Labute approximate surface area is 198 Å². The number of hydrogen-bond donors (Lipinski definition) is 1. The molecule has 0 radical (unpaired) electrons. The fraction of sp³-hybridized carbons (Fsp3) is 0.500. The molecular weight excluding hydrogens is 469 g/mol. The maximum atomic E-state index is 13.1. The zero-order valence-corrected chi connectivity index (χ0v) is 18.6. The van der Waals surface area contributed by atoms with Gasteiger partial charge in [0.1, 0.15) is 18.5 Å². The van der Waals surface area contributed by atoms with Crippen LogP contribution in [0.2, 0.25) is 0 Å². The van der Waals surface area contributed by atoms with Crippen LogP contribution >= 0.6 is 0 Å². The van der Waals surface area contributed by atoms with Gasteiger partial charge in [0.2, 0.25) is 5.91 Å². The zero-order chi connectivity index (χ0) is 25.0. The number of nitrogens with zero attached hydrogens (tertiary/aromatic N) is 5. The van der Waals surface area contributed by atoms with Crippen LogP contribution in [-0.2, 0) is 15.7 Å². The van der Waals surface area contributed by atoms with Crippen LogP contribution in [0.15, 0.2) is 29.3 Å². The maximum absolute atomic E-state index is 13.1. The summed E-state index contributed by atoms with van der Waals surface area (Å²) < 4.78 is 50.4. The number of halogens is 3. The second-order valence-corrected chi connectivity index (χ2v) is 8.29. The fourth-order valence-corrected chi connectivity index (χ4v) is 4.14. The smallest absolute Gasteiger partial charge is 0.425 e. The molecular formula is C22H23F3N6O4. The van der Waals surface area contributed by atoms with E-state index < -0.39 is 29.2 Å². The number of rotatable bonds is 6. The normalized spacial score (nSPS) is 20.5. The Kier molecular flexibility index (Phi) is 7.20. The van der Waals surface area contributed by atoms with Gasteiger partial charge in [0.25, 0.3) is 5.56 Å². The van der Waals surface area contributed by atoms with Crippen LogP contribution in [0.1, 0.15) is 30.4 Å². The van der Waals surface area contributed by atoms with E-state index in [2.05, 4.69) is 10.1 Å². The molecule has 1 unspecified atom stereocenters. The molecule has 186 valence electrons. The molecule has 2 aliphatic heterocycles. The van der Waals surface area contributed by atoms with Gasteiger partial charge in [0, 0.05) is 32.4 Å². The molecule has 2 fully saturated rings. The molecule has 2 atom stereocenters. The standard InChI is InChI=1S/C22H23F3N6O4/c23-22(24,25)20-17(12-28-29-21(20)33)34-13-16-3-2-15(35-16)9-19(32)31-7-5-30(6-8-31)18-4-1-14(10-26)11-27-18/h1,4,11-12,15-16H,2-3,5-9,13H2,(H,29,33)/t15-,16?/m0/s1. The summed E-state index contributed by atoms with van der Waals surface area (Å²) in [6.07, 6.45) is -2.12. The van der Waals surface area contributed by atoms with E-state index in [1.807, 2.05) is 11.0 Å². The second-order valence-electron chi connectivity index (χ2n) is 8.29. The van der Waals surface area contributed by atoms with E-state index in [9.17, 15) is 22.8 Å². The number of amides is 1. The van der Waals surface area contributed by atoms with E-state index in [4.69, 9.17) is 14.7 Å². The molecule has 2 aromatic rings. The lowest BCUT2D eigenvalue weighted by Gasteiger charge is -2.35. The van der Waals surface area contributed by atoms with Crippen molar-refractivity contribution in [2.45, 2.75) is 37.6 Å². The Morgan fingerprint density at radius 2 is 1.94 bits per heavy atom. The maximum Gasteiger partial charge on any atom is 0.425 e. The van der Waals surface area contributed by atoms with Crippen LogP contribution < -0.4 is 15.2 Å². The summed E-state index contributed by atoms with van der Waals surface area (Å²) in [6.45, 7) is 2.08. The predicted molar refractivity (Wildman–Crippen MR) is 116 cm³/mol. The number of nitrogens with one attached hydrogen (secondary N) is 1. The van der Waals surface area contributed by atoms with Gasteiger partial charge >= 0.3 is 6.18 Å². The third-order valence-corrected chi connectivity index (χ3v) is 5.96. The first-order valence-corrected chi connectivity index (χ1v) is 11.1. The molecule has 10 nitrogen and oxygen atoms in total. The SMILES string of the molecule is N#Cc1ccc(N2CCN(C(=O)C[C@@H]3CCC(COc4cn[nH]c(=O)c4C(F)(F)F)O3)CC2)nc1. The molecule has 1 amide bonds. The van der Waals surface area contributed by atoms with Crippen LogP contribution in [0, 0.1) is 11.3 Å². The van der Waals surface area contributed by atoms with E-state index in [0.29, 0.717) is 44.6 Å². The van der Waals surface area contributed by atoms with Crippen LogP contribution in [0.25, 0.3) is 0 Å². The van der Waals surface area contributed by atoms with Gasteiger partial charge in [-0.1, -0.05) is 0 Å². The molecule has 35 heavy (non-hydrogen) atoms. The Bertz CT molecular complexity index is 1140. The quantitative estimate of drug-likeness (QED) is 0.647. The molecule has 0 spiro atoms. The molecule has 0 aliphatic carbocycles. The molecule has 1 N–H and O–H groups in total. The van der Waals surface area contributed by atoms with Crippen molar-refractivity contribution in [3.63, 3.8) is 0 Å². The predicted octanol–water partition coefficient (Wildman–Crippen LogP) is 1.72. The van der Waals surface area contributed by atoms with E-state index in [1.54, 1.807) is 22.1 Å². The number of H-pyrrole nitrogens is 1. The second kappa shape index (κ2) is 10.3. The van der Waals surface area contributed by atoms with Crippen molar-refractivity contribution in [2.75, 3.05) is 37.7 Å². The van der Waals surface area contributed by atoms with Gasteiger partial charge in [-0.15, -0.1) is 0 Å². The Hall–Kier alpha value is -3.66. The average molecular weight is 492 g/mol. The molecule has 2 saturated heterocycles. The van der Waals surface area contributed by atoms with Crippen molar-refractivity contribution in [1.82, 2.24) is 20.1 Å². The Morgan fingerprint density at radius 1 is 1.20 bits per heavy atom. The van der Waals surface area contributed by atoms with Gasteiger partial charge in [-0.2, -0.15) is 23.5 Å². The van der Waals surface area contributed by atoms with E-state index in [0.717, 1.165) is 12.0 Å². The lowest BCUT2D eigenvalue weighted by atomic mass is 10.1. The van der Waals surface area contributed by atoms with Crippen LogP contribution in [-0.4, -0.2) is 71.0 Å². The first-order chi connectivity index (χ1) is 16.7. The van der Waals surface area contributed by atoms with Gasteiger partial charge in [0.15, 0.2) is 11.3 Å². The van der Waals surface area contributed by atoms with Crippen LogP contribution in [0.3, 0.4) is 0 Å². The first kappa shape index (κ1) is 24.5. The average Bonchev–Trinajstić information content (AvgIpc) is 3.29. The van der Waals surface area contributed by atoms with Gasteiger partial charge in [-0.25, -0.2) is 10.1 Å². The highest BCUT2D eigenvalue weighted by Gasteiger charge is 2.39. The van der Waals surface area contributed by atoms with Crippen molar-refractivity contribution in [3.8, 4) is 11.8 Å². The molecule has 2 aromatic heterocycles. The number of pyridine rings is 1. The number of hydrogen-bond acceptors (Lipinski definition) is 8. The summed E-state index contributed by atoms with van der Waals surface area (Å²) in [5.74, 6) is 0.0449. The van der Waals surface area contributed by atoms with Gasteiger partial charge in [-0.05, 0) is 25.0 Å². The summed E-state index contributed by atoms with van der Waals surface area (Å²) in [4.78, 5) is 32.3. The summed E-state index contributed by atoms with van der Waals surface area (Å²) in [7, 11) is 0. The minimum Gasteiger partial charge on any atom is -0.488 e. The molecule has 0 saturated carbocycles. The van der Waals surface area contributed by atoms with Crippen molar-refractivity contribution < 1.29 is 27.4 Å². The third-order valence-electron chi connectivity index (χ3n) is 5.96. The minimum atomic E-state index is -4.88. The molecule has 0 aromatic carbocycles. The van der Waals surface area contributed by atoms with Crippen LogP contribution in [0.5, 0.6) is 5.75 Å². The molecule has 2 aliphatic rings. The number of aromatic nitrogens is 3. The molecule has 13 heteroatoms. The van der Waals surface area contributed by atoms with Gasteiger partial charge in [-0.3, -0.25) is 9.59 Å². The van der Waals surface area contributed by atoms with Gasteiger partial charge in [0.05, 0.1) is 30.4 Å². The summed E-state index contributed by atoms with van der Waals surface area (Å²) in [6, 6.07) is 5.51. The Morgan fingerprint density at radius 3 is 2.60 bits per heavy atom. The number of carbonyl (C=O) groups excluding carboxylic acids is 1. The number of alkyl halides is 3. The topological polar surface area (TPSA) is 124 Å². The highest BCUT2D eigenvalue weighted by atomic mass is 19.4. The van der Waals surface area contributed by atoms with Crippen LogP contribution in [0.4, 0.5) is 19.0 Å².